The van der Waals surface area contributed by atoms with E-state index in [2.05, 4.69) is 33.0 Å². The van der Waals surface area contributed by atoms with Crippen molar-refractivity contribution in [3.63, 3.8) is 0 Å². The molecule has 31 heavy (non-hydrogen) atoms. The molecule has 0 aliphatic carbocycles. The van der Waals surface area contributed by atoms with Gasteiger partial charge in [0.25, 0.3) is 0 Å². The van der Waals surface area contributed by atoms with Crippen molar-refractivity contribution in [3.05, 3.63) is 77.3 Å². The first-order valence-electron chi connectivity index (χ1n) is 10.3. The number of anilines is 1. The summed E-state index contributed by atoms with van der Waals surface area (Å²) in [6.07, 6.45) is 3.00. The molecule has 2 aromatic carbocycles. The molecule has 1 aromatic heterocycles. The number of fused-ring (bicyclic) bond motifs is 1. The van der Waals surface area contributed by atoms with Crippen molar-refractivity contribution >= 4 is 17.5 Å². The van der Waals surface area contributed by atoms with E-state index in [4.69, 9.17) is 4.42 Å². The van der Waals surface area contributed by atoms with Crippen LogP contribution >= 0.6 is 0 Å². The Hall–Kier alpha value is -3.55. The monoisotopic (exact) mass is 422 g/mol. The molecule has 4 rings (SSSR count). The van der Waals surface area contributed by atoms with Crippen LogP contribution in [-0.2, 0) is 28.9 Å². The molecular weight excluding hydrogens is 399 g/mol. The highest BCUT2D eigenvalue weighted by atomic mass is 19.1. The predicted octanol–water partition coefficient (Wildman–Crippen LogP) is 3.17. The molecule has 1 aliphatic heterocycles. The van der Waals surface area contributed by atoms with Gasteiger partial charge >= 0.3 is 0 Å². The van der Waals surface area contributed by atoms with Gasteiger partial charge in [0.05, 0.1) is 5.92 Å². The first kappa shape index (κ1) is 20.7. The third-order valence-corrected chi connectivity index (χ3v) is 5.24. The van der Waals surface area contributed by atoms with Crippen LogP contribution in [0.3, 0.4) is 0 Å². The van der Waals surface area contributed by atoms with Crippen molar-refractivity contribution < 1.29 is 18.4 Å². The number of hydrogen-bond donors (Lipinski definition) is 2. The number of nitrogens with zero attached hydrogens (tertiary/aromatic N) is 2. The Morgan fingerprint density at radius 2 is 1.84 bits per heavy atom. The van der Waals surface area contributed by atoms with E-state index in [1.165, 1.54) is 23.8 Å². The first-order valence-corrected chi connectivity index (χ1v) is 10.3. The second-order valence-corrected chi connectivity index (χ2v) is 7.51. The van der Waals surface area contributed by atoms with Crippen molar-refractivity contribution in [1.82, 2.24) is 15.5 Å². The number of aryl methyl sites for hydroxylation is 3. The van der Waals surface area contributed by atoms with Gasteiger partial charge in [0.1, 0.15) is 5.82 Å². The highest BCUT2D eigenvalue weighted by Gasteiger charge is 2.31. The summed E-state index contributed by atoms with van der Waals surface area (Å²) >= 11 is 0. The van der Waals surface area contributed by atoms with Crippen LogP contribution < -0.4 is 10.6 Å². The maximum Gasteiger partial charge on any atom is 0.233 e. The van der Waals surface area contributed by atoms with Crippen LogP contribution in [0, 0.1) is 5.82 Å². The number of carbonyl (C=O) groups excluding carboxylic acids is 2. The van der Waals surface area contributed by atoms with Gasteiger partial charge in [-0.2, -0.15) is 0 Å². The molecule has 0 radical (unpaired) electrons. The lowest BCUT2D eigenvalue weighted by Gasteiger charge is -2.10. The summed E-state index contributed by atoms with van der Waals surface area (Å²) in [7, 11) is 0. The zero-order valence-corrected chi connectivity index (χ0v) is 16.9. The molecule has 0 bridgehead atoms. The summed E-state index contributed by atoms with van der Waals surface area (Å²) in [6.45, 7) is 0.107. The highest BCUT2D eigenvalue weighted by molar-refractivity contribution is 6.03. The Kier molecular flexibility index (Phi) is 6.35. The summed E-state index contributed by atoms with van der Waals surface area (Å²) < 4.78 is 19.1. The van der Waals surface area contributed by atoms with E-state index >= 15 is 0 Å². The molecule has 2 amide bonds. The van der Waals surface area contributed by atoms with Gasteiger partial charge < -0.3 is 15.1 Å². The van der Waals surface area contributed by atoms with Gasteiger partial charge in [0.15, 0.2) is 0 Å². The smallest absolute Gasteiger partial charge is 0.233 e. The Morgan fingerprint density at radius 1 is 1.06 bits per heavy atom. The van der Waals surface area contributed by atoms with Crippen molar-refractivity contribution in [2.45, 2.75) is 38.0 Å². The first-order chi connectivity index (χ1) is 15.1. The molecule has 160 valence electrons. The molecular formula is C23H23FN4O3. The standard InChI is InChI=1S/C23H23FN4O3/c24-16-9-10-19-17(13-16)18(23(30)26-19)14-25-20(29)11-12-22-28-27-21(31-22)8-4-7-15-5-2-1-3-6-15/h1-3,5-6,9-10,13,18H,4,7-8,11-12,14H2,(H,25,29)(H,26,30)/t18-/m1/s1. The average Bonchev–Trinajstić information content (AvgIpc) is 3.35. The molecule has 8 heteroatoms. The Balaban J connectivity index is 1.20. The van der Waals surface area contributed by atoms with Crippen LogP contribution in [0.15, 0.2) is 52.9 Å². The number of carbonyl (C=O) groups is 2. The summed E-state index contributed by atoms with van der Waals surface area (Å²) in [5, 5.41) is 13.5. The molecule has 2 N–H and O–H groups in total. The van der Waals surface area contributed by atoms with Gasteiger partial charge in [0.2, 0.25) is 23.6 Å². The van der Waals surface area contributed by atoms with Crippen LogP contribution in [0.4, 0.5) is 10.1 Å². The molecule has 0 saturated heterocycles. The Labute approximate surface area is 179 Å². The van der Waals surface area contributed by atoms with Crippen molar-refractivity contribution in [3.8, 4) is 0 Å². The predicted molar refractivity (Wildman–Crippen MR) is 112 cm³/mol. The van der Waals surface area contributed by atoms with Gasteiger partial charge in [-0.25, -0.2) is 4.39 Å². The summed E-state index contributed by atoms with van der Waals surface area (Å²) in [5.41, 5.74) is 2.40. The quantitative estimate of drug-likeness (QED) is 0.552. The molecule has 0 unspecified atom stereocenters. The van der Waals surface area contributed by atoms with E-state index in [1.54, 1.807) is 0 Å². The molecule has 2 heterocycles. The van der Waals surface area contributed by atoms with Crippen molar-refractivity contribution in [1.29, 1.82) is 0 Å². The van der Waals surface area contributed by atoms with Crippen molar-refractivity contribution in [2.75, 3.05) is 11.9 Å². The maximum absolute atomic E-state index is 13.5. The Morgan fingerprint density at radius 3 is 2.65 bits per heavy atom. The van der Waals surface area contributed by atoms with Gasteiger partial charge in [-0.05, 0) is 42.2 Å². The minimum atomic E-state index is -0.603. The molecule has 3 aromatic rings. The van der Waals surface area contributed by atoms with E-state index in [9.17, 15) is 14.0 Å². The molecule has 1 atom stereocenters. The van der Waals surface area contributed by atoms with Gasteiger partial charge in [-0.3, -0.25) is 9.59 Å². The third-order valence-electron chi connectivity index (χ3n) is 5.24. The minimum Gasteiger partial charge on any atom is -0.425 e. The fourth-order valence-electron chi connectivity index (χ4n) is 3.60. The van der Waals surface area contributed by atoms with Crippen LogP contribution in [0.2, 0.25) is 0 Å². The lowest BCUT2D eigenvalue weighted by molar-refractivity contribution is -0.121. The molecule has 0 fully saturated rings. The number of hydrogen-bond acceptors (Lipinski definition) is 5. The average molecular weight is 422 g/mol. The van der Waals surface area contributed by atoms with Crippen LogP contribution in [0.5, 0.6) is 0 Å². The van der Waals surface area contributed by atoms with Gasteiger partial charge in [-0.15, -0.1) is 10.2 Å². The molecule has 0 saturated carbocycles. The zero-order chi connectivity index (χ0) is 21.6. The minimum absolute atomic E-state index is 0.107. The van der Waals surface area contributed by atoms with Gasteiger partial charge in [0, 0.05) is 31.5 Å². The number of aromatic nitrogens is 2. The number of rotatable bonds is 9. The van der Waals surface area contributed by atoms with E-state index in [0.29, 0.717) is 35.9 Å². The van der Waals surface area contributed by atoms with E-state index in [-0.39, 0.29) is 24.8 Å². The van der Waals surface area contributed by atoms with Crippen molar-refractivity contribution in [2.24, 2.45) is 0 Å². The number of benzene rings is 2. The summed E-state index contributed by atoms with van der Waals surface area (Å²) in [6, 6.07) is 14.3. The second kappa shape index (κ2) is 9.51. The van der Waals surface area contributed by atoms with E-state index in [1.807, 2.05) is 18.2 Å². The van der Waals surface area contributed by atoms with Crippen LogP contribution in [0.1, 0.15) is 41.7 Å². The number of halogens is 1. The maximum atomic E-state index is 13.5. The topological polar surface area (TPSA) is 97.1 Å². The fourth-order valence-corrected chi connectivity index (χ4v) is 3.60. The molecule has 7 nitrogen and oxygen atoms in total. The fraction of sp³-hybridized carbons (Fsp3) is 0.304. The van der Waals surface area contributed by atoms with Gasteiger partial charge in [-0.1, -0.05) is 30.3 Å². The third kappa shape index (κ3) is 5.33. The van der Waals surface area contributed by atoms with E-state index in [0.717, 1.165) is 12.8 Å². The van der Waals surface area contributed by atoms with E-state index < -0.39 is 11.7 Å². The largest absolute Gasteiger partial charge is 0.425 e. The highest BCUT2D eigenvalue weighted by Crippen LogP contribution is 2.32. The normalized spacial score (nSPS) is 14.9. The Bertz CT molecular complexity index is 1070. The van der Waals surface area contributed by atoms with Crippen LogP contribution in [-0.4, -0.2) is 28.6 Å². The molecule has 0 spiro atoms. The lowest BCUT2D eigenvalue weighted by Crippen LogP contribution is -2.31. The number of nitrogens with one attached hydrogen (secondary N) is 2. The molecule has 1 aliphatic rings. The summed E-state index contributed by atoms with van der Waals surface area (Å²) in [4.78, 5) is 24.3. The SMILES string of the molecule is O=C(CCc1nnc(CCCc2ccccc2)o1)NC[C@H]1C(=O)Nc2ccc(F)cc21. The van der Waals surface area contributed by atoms with Crippen LogP contribution in [0.25, 0.3) is 0 Å². The lowest BCUT2D eigenvalue weighted by atomic mass is 10.0. The zero-order valence-electron chi connectivity index (χ0n) is 16.9. The summed E-state index contributed by atoms with van der Waals surface area (Å²) in [5.74, 6) is -0.528. The second-order valence-electron chi connectivity index (χ2n) is 7.51. The number of amides is 2.